The van der Waals surface area contributed by atoms with Crippen LogP contribution in [0.5, 0.6) is 0 Å². The van der Waals surface area contributed by atoms with Gasteiger partial charge in [-0.1, -0.05) is 11.8 Å². The number of amides is 3. The minimum atomic E-state index is -0.567. The molecule has 2 aromatic rings. The van der Waals surface area contributed by atoms with Gasteiger partial charge in [-0.25, -0.2) is 4.79 Å². The van der Waals surface area contributed by atoms with Crippen molar-refractivity contribution in [3.05, 3.63) is 18.4 Å². The molecule has 1 atom stereocenters. The largest absolute Gasteiger partial charge is 0.459 e. The molecule has 8 nitrogen and oxygen atoms in total. The van der Waals surface area contributed by atoms with Gasteiger partial charge in [-0.3, -0.25) is 10.1 Å². The van der Waals surface area contributed by atoms with Crippen LogP contribution in [0.1, 0.15) is 20.8 Å². The summed E-state index contributed by atoms with van der Waals surface area (Å²) in [6.07, 6.45) is 1.50. The highest BCUT2D eigenvalue weighted by Gasteiger charge is 2.21. The number of thioether (sulfide) groups is 1. The molecule has 2 aromatic heterocycles. The molecule has 2 N–H and O–H groups in total. The van der Waals surface area contributed by atoms with Crippen LogP contribution in [0.4, 0.5) is 4.79 Å². The van der Waals surface area contributed by atoms with Gasteiger partial charge < -0.3 is 14.2 Å². The van der Waals surface area contributed by atoms with Crippen molar-refractivity contribution in [3.8, 4) is 11.7 Å². The van der Waals surface area contributed by atoms with Gasteiger partial charge in [-0.15, -0.1) is 10.2 Å². The smallest absolute Gasteiger partial charge is 0.321 e. The predicted molar refractivity (Wildman–Crippen MR) is 79.1 cm³/mol. The summed E-state index contributed by atoms with van der Waals surface area (Å²) in [5.41, 5.74) is 0. The Morgan fingerprint density at radius 2 is 2.05 bits per heavy atom. The average Bonchev–Trinajstić information content (AvgIpc) is 3.07. The van der Waals surface area contributed by atoms with Crippen LogP contribution >= 0.6 is 11.8 Å². The molecule has 0 spiro atoms. The second-order valence-electron chi connectivity index (χ2n) is 4.73. The number of hydrogen-bond donors (Lipinski definition) is 2. The minimum Gasteiger partial charge on any atom is -0.459 e. The van der Waals surface area contributed by atoms with Gasteiger partial charge in [0.05, 0.1) is 11.5 Å². The van der Waals surface area contributed by atoms with Crippen LogP contribution in [0, 0.1) is 0 Å². The zero-order valence-electron chi connectivity index (χ0n) is 12.3. The van der Waals surface area contributed by atoms with E-state index in [1.807, 2.05) is 0 Å². The van der Waals surface area contributed by atoms with Crippen molar-refractivity contribution < 1.29 is 18.4 Å². The van der Waals surface area contributed by atoms with Crippen LogP contribution in [-0.4, -0.2) is 33.4 Å². The van der Waals surface area contributed by atoms with Crippen LogP contribution in [-0.2, 0) is 4.79 Å². The Balaban J connectivity index is 1.90. The van der Waals surface area contributed by atoms with Gasteiger partial charge in [-0.2, -0.15) is 0 Å². The normalized spacial score (nSPS) is 12.2. The highest BCUT2D eigenvalue weighted by molar-refractivity contribution is 8.00. The van der Waals surface area contributed by atoms with Crippen molar-refractivity contribution in [2.24, 2.45) is 0 Å². The molecule has 0 fully saturated rings. The number of aromatic nitrogens is 2. The van der Waals surface area contributed by atoms with E-state index in [2.05, 4.69) is 20.8 Å². The average molecular weight is 324 g/mol. The maximum Gasteiger partial charge on any atom is 0.321 e. The van der Waals surface area contributed by atoms with Crippen LogP contribution < -0.4 is 10.6 Å². The number of carbonyl (C=O) groups excluding carboxylic acids is 2. The molecule has 118 valence electrons. The first-order valence-corrected chi connectivity index (χ1v) is 7.49. The lowest BCUT2D eigenvalue weighted by atomic mass is 10.4. The van der Waals surface area contributed by atoms with Crippen LogP contribution in [0.25, 0.3) is 11.7 Å². The fraction of sp³-hybridized carbons (Fsp3) is 0.385. The van der Waals surface area contributed by atoms with Crippen molar-refractivity contribution in [3.63, 3.8) is 0 Å². The molecule has 0 saturated heterocycles. The first-order valence-electron chi connectivity index (χ1n) is 6.61. The molecule has 0 unspecified atom stereocenters. The second kappa shape index (κ2) is 7.12. The van der Waals surface area contributed by atoms with Crippen LogP contribution in [0.3, 0.4) is 0 Å². The Morgan fingerprint density at radius 1 is 1.27 bits per heavy atom. The predicted octanol–water partition coefficient (Wildman–Crippen LogP) is 2.04. The molecule has 0 radical (unpaired) electrons. The second-order valence-corrected chi connectivity index (χ2v) is 6.02. The molecule has 0 aliphatic heterocycles. The van der Waals surface area contributed by atoms with Gasteiger partial charge in [0.1, 0.15) is 0 Å². The molecular weight excluding hydrogens is 308 g/mol. The Labute approximate surface area is 131 Å². The third-order valence-corrected chi connectivity index (χ3v) is 3.38. The molecule has 0 aromatic carbocycles. The summed E-state index contributed by atoms with van der Waals surface area (Å²) in [6, 6.07) is 2.81. The van der Waals surface area contributed by atoms with Crippen molar-refractivity contribution in [2.75, 3.05) is 0 Å². The maximum absolute atomic E-state index is 11.9. The number of imide groups is 1. The molecule has 0 bridgehead atoms. The molecule has 0 aliphatic rings. The van der Waals surface area contributed by atoms with E-state index in [0.29, 0.717) is 5.76 Å². The Morgan fingerprint density at radius 3 is 2.68 bits per heavy atom. The van der Waals surface area contributed by atoms with Crippen molar-refractivity contribution in [1.29, 1.82) is 0 Å². The molecule has 2 heterocycles. The number of furan rings is 1. The molecule has 2 rings (SSSR count). The maximum atomic E-state index is 11.9. The SMILES string of the molecule is CC(C)NC(=O)NC(=O)[C@H](C)Sc1nnc(-c2ccco2)o1. The minimum absolute atomic E-state index is 0.0532. The van der Waals surface area contributed by atoms with E-state index in [-0.39, 0.29) is 17.2 Å². The molecular formula is C13H16N4O4S. The van der Waals surface area contributed by atoms with Gasteiger partial charge in [-0.05, 0) is 32.9 Å². The first-order chi connectivity index (χ1) is 10.5. The molecule has 22 heavy (non-hydrogen) atoms. The number of urea groups is 1. The Kier molecular flexibility index (Phi) is 5.21. The summed E-state index contributed by atoms with van der Waals surface area (Å²) in [7, 11) is 0. The summed E-state index contributed by atoms with van der Waals surface area (Å²) in [4.78, 5) is 23.3. The van der Waals surface area contributed by atoms with E-state index in [4.69, 9.17) is 8.83 Å². The first kappa shape index (κ1) is 16.1. The van der Waals surface area contributed by atoms with E-state index in [1.165, 1.54) is 6.26 Å². The Hall–Kier alpha value is -2.29. The van der Waals surface area contributed by atoms with Crippen molar-refractivity contribution >= 4 is 23.7 Å². The topological polar surface area (TPSA) is 110 Å². The number of nitrogens with zero attached hydrogens (tertiary/aromatic N) is 2. The van der Waals surface area contributed by atoms with E-state index in [1.54, 1.807) is 32.9 Å². The molecule has 0 saturated carbocycles. The summed E-state index contributed by atoms with van der Waals surface area (Å²) < 4.78 is 10.5. The number of hydrogen-bond acceptors (Lipinski definition) is 7. The van der Waals surface area contributed by atoms with Gasteiger partial charge in [0.15, 0.2) is 5.76 Å². The third kappa shape index (κ3) is 4.35. The van der Waals surface area contributed by atoms with Crippen molar-refractivity contribution in [2.45, 2.75) is 37.3 Å². The van der Waals surface area contributed by atoms with E-state index < -0.39 is 17.2 Å². The fourth-order valence-corrected chi connectivity index (χ4v) is 2.16. The lowest BCUT2D eigenvalue weighted by molar-refractivity contribution is -0.119. The summed E-state index contributed by atoms with van der Waals surface area (Å²) in [5, 5.41) is 12.1. The van der Waals surface area contributed by atoms with Gasteiger partial charge in [0, 0.05) is 6.04 Å². The molecule has 0 aliphatic carbocycles. The zero-order valence-corrected chi connectivity index (χ0v) is 13.1. The van der Waals surface area contributed by atoms with Crippen LogP contribution in [0.2, 0.25) is 0 Å². The lowest BCUT2D eigenvalue weighted by Gasteiger charge is -2.11. The number of nitrogens with one attached hydrogen (secondary N) is 2. The summed E-state index contributed by atoms with van der Waals surface area (Å²) in [5.74, 6) is 0.242. The van der Waals surface area contributed by atoms with E-state index in [9.17, 15) is 9.59 Å². The highest BCUT2D eigenvalue weighted by atomic mass is 32.2. The molecule has 3 amide bonds. The van der Waals surface area contributed by atoms with Gasteiger partial charge in [0.25, 0.3) is 11.1 Å². The number of rotatable bonds is 5. The van der Waals surface area contributed by atoms with Crippen LogP contribution in [0.15, 0.2) is 32.5 Å². The van der Waals surface area contributed by atoms with Gasteiger partial charge >= 0.3 is 6.03 Å². The quantitative estimate of drug-likeness (QED) is 0.810. The number of carbonyl (C=O) groups is 2. The van der Waals surface area contributed by atoms with E-state index in [0.717, 1.165) is 11.8 Å². The lowest BCUT2D eigenvalue weighted by Crippen LogP contribution is -2.45. The Bertz CT molecular complexity index is 638. The fourth-order valence-electron chi connectivity index (χ4n) is 1.47. The van der Waals surface area contributed by atoms with Crippen molar-refractivity contribution in [1.82, 2.24) is 20.8 Å². The highest BCUT2D eigenvalue weighted by Crippen LogP contribution is 2.26. The monoisotopic (exact) mass is 324 g/mol. The third-order valence-electron chi connectivity index (χ3n) is 2.44. The van der Waals surface area contributed by atoms with E-state index >= 15 is 0 Å². The van der Waals surface area contributed by atoms with Gasteiger partial charge in [0.2, 0.25) is 5.91 Å². The summed E-state index contributed by atoms with van der Waals surface area (Å²) >= 11 is 1.06. The standard InChI is InChI=1S/C13H16N4O4S/c1-7(2)14-12(19)15-10(18)8(3)22-13-17-16-11(21-13)9-5-4-6-20-9/h4-8H,1-3H3,(H2,14,15,18,19)/t8-/m0/s1. The zero-order chi connectivity index (χ0) is 16.1. The summed E-state index contributed by atoms with van der Waals surface area (Å²) in [6.45, 7) is 5.24. The molecule has 9 heteroatoms.